The summed E-state index contributed by atoms with van der Waals surface area (Å²) in [6, 6.07) is 9.01. The van der Waals surface area contributed by atoms with Crippen LogP contribution in [-0.4, -0.2) is 22.9 Å². The number of ether oxygens (including phenoxy) is 1. The second kappa shape index (κ2) is 8.39. The average molecular weight is 381 g/mol. The third kappa shape index (κ3) is 5.00. The number of nitro groups is 1. The summed E-state index contributed by atoms with van der Waals surface area (Å²) in [5, 5.41) is 13.6. The lowest BCUT2D eigenvalue weighted by Crippen LogP contribution is -2.35. The lowest BCUT2D eigenvalue weighted by atomic mass is 10.2. The SMILES string of the molecule is CC(OC(=O)c1ccc(Cl)cc1[N+](=O)[O-])C(=O)NCc1ccc(F)cc1. The Balaban J connectivity index is 1.99. The van der Waals surface area contributed by atoms with Crippen LogP contribution in [0, 0.1) is 15.9 Å². The number of carbonyl (C=O) groups excluding carboxylic acids is 2. The van der Waals surface area contributed by atoms with Crippen LogP contribution in [0.3, 0.4) is 0 Å². The molecule has 1 N–H and O–H groups in total. The number of esters is 1. The van der Waals surface area contributed by atoms with Gasteiger partial charge in [-0.15, -0.1) is 0 Å². The average Bonchev–Trinajstić information content (AvgIpc) is 2.60. The van der Waals surface area contributed by atoms with Crippen molar-refractivity contribution in [3.63, 3.8) is 0 Å². The molecule has 0 bridgehead atoms. The molecule has 0 saturated heterocycles. The van der Waals surface area contributed by atoms with E-state index >= 15 is 0 Å². The van der Waals surface area contributed by atoms with Crippen LogP contribution in [0.1, 0.15) is 22.8 Å². The van der Waals surface area contributed by atoms with Gasteiger partial charge in [0.1, 0.15) is 11.4 Å². The maximum absolute atomic E-state index is 12.8. The van der Waals surface area contributed by atoms with Crippen molar-refractivity contribution in [2.75, 3.05) is 0 Å². The molecule has 2 rings (SSSR count). The maximum atomic E-state index is 12.8. The molecule has 1 atom stereocenters. The smallest absolute Gasteiger partial charge is 0.345 e. The number of hydrogen-bond acceptors (Lipinski definition) is 5. The van der Waals surface area contributed by atoms with Gasteiger partial charge in [0, 0.05) is 17.6 Å². The molecular weight excluding hydrogens is 367 g/mol. The molecule has 26 heavy (non-hydrogen) atoms. The second-order valence-corrected chi connectivity index (χ2v) is 5.75. The van der Waals surface area contributed by atoms with E-state index in [9.17, 15) is 24.1 Å². The van der Waals surface area contributed by atoms with E-state index in [-0.39, 0.29) is 17.1 Å². The van der Waals surface area contributed by atoms with Crippen molar-refractivity contribution in [1.29, 1.82) is 0 Å². The van der Waals surface area contributed by atoms with Crippen LogP contribution < -0.4 is 5.32 Å². The zero-order chi connectivity index (χ0) is 19.3. The zero-order valence-corrected chi connectivity index (χ0v) is 14.3. The number of amides is 1. The number of rotatable bonds is 6. The van der Waals surface area contributed by atoms with Crippen LogP contribution in [0.5, 0.6) is 0 Å². The maximum Gasteiger partial charge on any atom is 0.345 e. The molecule has 0 aliphatic rings. The summed E-state index contributed by atoms with van der Waals surface area (Å²) in [5.74, 6) is -2.01. The van der Waals surface area contributed by atoms with Crippen molar-refractivity contribution >= 4 is 29.2 Å². The summed E-state index contributed by atoms with van der Waals surface area (Å²) in [6.07, 6.45) is -1.18. The third-order valence-electron chi connectivity index (χ3n) is 3.41. The Bertz CT molecular complexity index is 842. The summed E-state index contributed by atoms with van der Waals surface area (Å²) < 4.78 is 17.8. The minimum Gasteiger partial charge on any atom is -0.449 e. The monoisotopic (exact) mass is 380 g/mol. The van der Waals surface area contributed by atoms with Gasteiger partial charge in [-0.2, -0.15) is 0 Å². The van der Waals surface area contributed by atoms with E-state index in [1.165, 1.54) is 37.3 Å². The molecule has 0 aliphatic carbocycles. The van der Waals surface area contributed by atoms with E-state index in [0.29, 0.717) is 5.56 Å². The summed E-state index contributed by atoms with van der Waals surface area (Å²) in [7, 11) is 0. The van der Waals surface area contributed by atoms with E-state index in [1.807, 2.05) is 0 Å². The molecule has 0 spiro atoms. The molecule has 0 fully saturated rings. The van der Waals surface area contributed by atoms with Crippen LogP contribution >= 0.6 is 11.6 Å². The highest BCUT2D eigenvalue weighted by Crippen LogP contribution is 2.24. The first-order valence-electron chi connectivity index (χ1n) is 7.45. The molecule has 0 heterocycles. The van der Waals surface area contributed by atoms with Gasteiger partial charge < -0.3 is 10.1 Å². The van der Waals surface area contributed by atoms with Gasteiger partial charge in [-0.05, 0) is 36.8 Å². The molecule has 0 aromatic heterocycles. The predicted octanol–water partition coefficient (Wildman–Crippen LogP) is 3.25. The number of carbonyl (C=O) groups is 2. The second-order valence-electron chi connectivity index (χ2n) is 5.31. The summed E-state index contributed by atoms with van der Waals surface area (Å²) in [4.78, 5) is 34.4. The van der Waals surface area contributed by atoms with Crippen LogP contribution in [-0.2, 0) is 16.1 Å². The summed E-state index contributed by atoms with van der Waals surface area (Å²) >= 11 is 5.69. The molecule has 2 aromatic rings. The fourth-order valence-corrected chi connectivity index (χ4v) is 2.21. The van der Waals surface area contributed by atoms with E-state index in [2.05, 4.69) is 5.32 Å². The first-order valence-corrected chi connectivity index (χ1v) is 7.83. The van der Waals surface area contributed by atoms with Gasteiger partial charge in [-0.1, -0.05) is 23.7 Å². The molecule has 9 heteroatoms. The molecule has 7 nitrogen and oxygen atoms in total. The van der Waals surface area contributed by atoms with Gasteiger partial charge in [-0.25, -0.2) is 9.18 Å². The van der Waals surface area contributed by atoms with Crippen molar-refractivity contribution < 1.29 is 23.6 Å². The lowest BCUT2D eigenvalue weighted by molar-refractivity contribution is -0.385. The van der Waals surface area contributed by atoms with E-state index in [0.717, 1.165) is 12.1 Å². The first-order chi connectivity index (χ1) is 12.3. The Kier molecular flexibility index (Phi) is 6.24. The van der Waals surface area contributed by atoms with E-state index in [1.54, 1.807) is 0 Å². The Morgan fingerprint density at radius 2 is 1.92 bits per heavy atom. The molecule has 0 radical (unpaired) electrons. The topological polar surface area (TPSA) is 98.5 Å². The van der Waals surface area contributed by atoms with Crippen molar-refractivity contribution in [3.05, 3.63) is 74.5 Å². The minimum absolute atomic E-state index is 0.0957. The highest BCUT2D eigenvalue weighted by atomic mass is 35.5. The van der Waals surface area contributed by atoms with Gasteiger partial charge in [-0.3, -0.25) is 14.9 Å². The van der Waals surface area contributed by atoms with Crippen molar-refractivity contribution in [2.24, 2.45) is 0 Å². The molecule has 136 valence electrons. The van der Waals surface area contributed by atoms with Gasteiger partial charge in [0.25, 0.3) is 11.6 Å². The van der Waals surface area contributed by atoms with Crippen molar-refractivity contribution in [1.82, 2.24) is 5.32 Å². The van der Waals surface area contributed by atoms with Crippen molar-refractivity contribution in [3.8, 4) is 0 Å². The fraction of sp³-hybridized carbons (Fsp3) is 0.176. The molecule has 0 saturated carbocycles. The van der Waals surface area contributed by atoms with Crippen LogP contribution in [0.2, 0.25) is 5.02 Å². The van der Waals surface area contributed by atoms with E-state index in [4.69, 9.17) is 16.3 Å². The highest BCUT2D eigenvalue weighted by Gasteiger charge is 2.25. The highest BCUT2D eigenvalue weighted by molar-refractivity contribution is 6.31. The van der Waals surface area contributed by atoms with Crippen molar-refractivity contribution in [2.45, 2.75) is 19.6 Å². The largest absolute Gasteiger partial charge is 0.449 e. The number of hydrogen-bond donors (Lipinski definition) is 1. The van der Waals surface area contributed by atoms with Gasteiger partial charge >= 0.3 is 5.97 Å². The Morgan fingerprint density at radius 3 is 2.54 bits per heavy atom. The molecule has 2 aromatic carbocycles. The number of halogens is 2. The van der Waals surface area contributed by atoms with Gasteiger partial charge in [0.05, 0.1) is 4.92 Å². The number of nitrogens with one attached hydrogen (secondary N) is 1. The number of nitrogens with zero attached hydrogens (tertiary/aromatic N) is 1. The van der Waals surface area contributed by atoms with Gasteiger partial charge in [0.15, 0.2) is 6.10 Å². The molecule has 1 amide bonds. The van der Waals surface area contributed by atoms with Crippen LogP contribution in [0.4, 0.5) is 10.1 Å². The van der Waals surface area contributed by atoms with E-state index < -0.39 is 34.4 Å². The third-order valence-corrected chi connectivity index (χ3v) is 3.64. The molecular formula is C17H14ClFN2O5. The first kappa shape index (κ1) is 19.3. The summed E-state index contributed by atoms with van der Waals surface area (Å²) in [6.45, 7) is 1.45. The lowest BCUT2D eigenvalue weighted by Gasteiger charge is -2.13. The normalized spacial score (nSPS) is 11.5. The predicted molar refractivity (Wildman–Crippen MR) is 91.2 cm³/mol. The van der Waals surface area contributed by atoms with Gasteiger partial charge in [0.2, 0.25) is 0 Å². The zero-order valence-electron chi connectivity index (χ0n) is 13.6. The standard InChI is InChI=1S/C17H14ClFN2O5/c1-10(16(22)20-9-11-2-5-13(19)6-3-11)26-17(23)14-7-4-12(18)8-15(14)21(24)25/h2-8,10H,9H2,1H3,(H,20,22). The number of benzene rings is 2. The van der Waals surface area contributed by atoms with Crippen LogP contribution in [0.25, 0.3) is 0 Å². The Labute approximate surface area is 152 Å². The minimum atomic E-state index is -1.18. The molecule has 0 aliphatic heterocycles. The summed E-state index contributed by atoms with van der Waals surface area (Å²) in [5.41, 5.74) is -0.161. The number of nitro benzene ring substituents is 1. The Hall–Kier alpha value is -3.00. The van der Waals surface area contributed by atoms with Crippen LogP contribution in [0.15, 0.2) is 42.5 Å². The quantitative estimate of drug-likeness (QED) is 0.471. The molecule has 1 unspecified atom stereocenters. The Morgan fingerprint density at radius 1 is 1.27 bits per heavy atom. The fourth-order valence-electron chi connectivity index (χ4n) is 2.04.